The summed E-state index contributed by atoms with van der Waals surface area (Å²) in [6.07, 6.45) is 3.15. The van der Waals surface area contributed by atoms with Crippen LogP contribution in [0.2, 0.25) is 0 Å². The van der Waals surface area contributed by atoms with Crippen LogP contribution in [-0.4, -0.2) is 52.4 Å². The molecule has 0 atom stereocenters. The number of amides is 2. The molecular weight excluding hydrogens is 322 g/mol. The summed E-state index contributed by atoms with van der Waals surface area (Å²) in [7, 11) is 1.63. The zero-order chi connectivity index (χ0) is 17.6. The van der Waals surface area contributed by atoms with Crippen molar-refractivity contribution in [3.63, 3.8) is 0 Å². The molecule has 1 saturated carbocycles. The van der Waals surface area contributed by atoms with Gasteiger partial charge >= 0.3 is 5.76 Å². The molecule has 2 fully saturated rings. The van der Waals surface area contributed by atoms with Crippen molar-refractivity contribution in [2.75, 3.05) is 26.2 Å². The highest BCUT2D eigenvalue weighted by Crippen LogP contribution is 2.28. The van der Waals surface area contributed by atoms with Gasteiger partial charge in [-0.2, -0.15) is 0 Å². The number of benzene rings is 1. The quantitative estimate of drug-likeness (QED) is 0.821. The van der Waals surface area contributed by atoms with Gasteiger partial charge < -0.3 is 14.2 Å². The summed E-state index contributed by atoms with van der Waals surface area (Å²) in [5.74, 6) is -0.0941. The van der Waals surface area contributed by atoms with E-state index < -0.39 is 5.76 Å². The number of aromatic nitrogens is 1. The molecule has 1 aromatic heterocycles. The fourth-order valence-corrected chi connectivity index (χ4v) is 3.49. The monoisotopic (exact) mass is 343 g/mol. The molecule has 0 N–H and O–H groups in total. The van der Waals surface area contributed by atoms with Crippen LogP contribution in [0.25, 0.3) is 11.1 Å². The Balaban J connectivity index is 1.45. The minimum absolute atomic E-state index is 0.0934. The molecule has 132 valence electrons. The lowest BCUT2D eigenvalue weighted by Crippen LogP contribution is -2.52. The number of rotatable bonds is 2. The van der Waals surface area contributed by atoms with E-state index in [1.807, 2.05) is 4.90 Å². The van der Waals surface area contributed by atoms with Crippen LogP contribution in [-0.2, 0) is 11.8 Å². The Hall–Kier alpha value is -2.57. The number of aryl methyl sites for hydroxylation is 1. The number of fused-ring (bicyclic) bond motifs is 1. The van der Waals surface area contributed by atoms with Crippen molar-refractivity contribution >= 4 is 22.9 Å². The molecule has 25 heavy (non-hydrogen) atoms. The Bertz CT molecular complexity index is 885. The second-order valence-electron chi connectivity index (χ2n) is 6.85. The Morgan fingerprint density at radius 2 is 1.76 bits per heavy atom. The predicted molar refractivity (Wildman–Crippen MR) is 91.3 cm³/mol. The van der Waals surface area contributed by atoms with Crippen molar-refractivity contribution in [2.24, 2.45) is 13.0 Å². The van der Waals surface area contributed by atoms with Crippen molar-refractivity contribution in [1.29, 1.82) is 0 Å². The summed E-state index contributed by atoms with van der Waals surface area (Å²) in [4.78, 5) is 40.2. The molecule has 1 aliphatic heterocycles. The minimum Gasteiger partial charge on any atom is -0.408 e. The zero-order valence-corrected chi connectivity index (χ0v) is 14.2. The van der Waals surface area contributed by atoms with Crippen molar-refractivity contribution in [2.45, 2.75) is 19.3 Å². The Morgan fingerprint density at radius 1 is 1.08 bits per heavy atom. The van der Waals surface area contributed by atoms with Crippen LogP contribution in [0.4, 0.5) is 0 Å². The molecule has 0 spiro atoms. The first-order valence-corrected chi connectivity index (χ1v) is 8.72. The second kappa shape index (κ2) is 6.06. The standard InChI is InChI=1S/C18H21N3O4/c1-19-14-6-5-13(11-15(14)25-18(19)24)17(23)21-9-7-20(8-10-21)16(22)12-3-2-4-12/h5-6,11-12H,2-4,7-10H2,1H3. The van der Waals surface area contributed by atoms with E-state index in [4.69, 9.17) is 4.42 Å². The number of oxazole rings is 1. The van der Waals surface area contributed by atoms with Crippen molar-refractivity contribution in [3.05, 3.63) is 34.3 Å². The Morgan fingerprint density at radius 3 is 2.40 bits per heavy atom. The molecule has 1 saturated heterocycles. The van der Waals surface area contributed by atoms with Crippen LogP contribution >= 0.6 is 0 Å². The van der Waals surface area contributed by atoms with Crippen LogP contribution in [0.5, 0.6) is 0 Å². The van der Waals surface area contributed by atoms with Gasteiger partial charge in [-0.15, -0.1) is 0 Å². The Labute approximate surface area is 144 Å². The lowest BCUT2D eigenvalue weighted by molar-refractivity contribution is -0.139. The summed E-state index contributed by atoms with van der Waals surface area (Å²) in [6, 6.07) is 5.06. The van der Waals surface area contributed by atoms with Gasteiger partial charge in [0.1, 0.15) is 0 Å². The van der Waals surface area contributed by atoms with Crippen LogP contribution in [0, 0.1) is 5.92 Å². The van der Waals surface area contributed by atoms with Crippen molar-refractivity contribution in [3.8, 4) is 0 Å². The summed E-state index contributed by atoms with van der Waals surface area (Å²) < 4.78 is 6.57. The van der Waals surface area contributed by atoms with E-state index >= 15 is 0 Å². The number of hydrogen-bond acceptors (Lipinski definition) is 4. The average molecular weight is 343 g/mol. The summed E-state index contributed by atoms with van der Waals surface area (Å²) >= 11 is 0. The van der Waals surface area contributed by atoms with Gasteiger partial charge in [0, 0.05) is 44.7 Å². The maximum absolute atomic E-state index is 12.7. The number of hydrogen-bond donors (Lipinski definition) is 0. The van der Waals surface area contributed by atoms with E-state index in [1.165, 1.54) is 4.57 Å². The highest BCUT2D eigenvalue weighted by Gasteiger charge is 2.32. The lowest BCUT2D eigenvalue weighted by atomic mass is 9.84. The smallest absolute Gasteiger partial charge is 0.408 e. The van der Waals surface area contributed by atoms with Gasteiger partial charge in [-0.3, -0.25) is 14.2 Å². The van der Waals surface area contributed by atoms with E-state index in [1.54, 1.807) is 30.1 Å². The molecule has 2 aliphatic rings. The molecule has 1 aliphatic carbocycles. The van der Waals surface area contributed by atoms with E-state index in [-0.39, 0.29) is 17.7 Å². The fourth-order valence-electron chi connectivity index (χ4n) is 3.49. The number of piperazine rings is 1. The number of carbonyl (C=O) groups is 2. The minimum atomic E-state index is -0.442. The molecule has 0 radical (unpaired) electrons. The lowest BCUT2D eigenvalue weighted by Gasteiger charge is -2.38. The third kappa shape index (κ3) is 2.73. The van der Waals surface area contributed by atoms with Gasteiger partial charge in [-0.05, 0) is 31.0 Å². The third-order valence-electron chi connectivity index (χ3n) is 5.37. The van der Waals surface area contributed by atoms with Crippen LogP contribution in [0.1, 0.15) is 29.6 Å². The molecule has 0 bridgehead atoms. The van der Waals surface area contributed by atoms with Gasteiger partial charge in [-0.25, -0.2) is 4.79 Å². The highest BCUT2D eigenvalue weighted by atomic mass is 16.4. The van der Waals surface area contributed by atoms with Gasteiger partial charge in [0.05, 0.1) is 5.52 Å². The molecule has 7 nitrogen and oxygen atoms in total. The molecule has 0 unspecified atom stereocenters. The first-order valence-electron chi connectivity index (χ1n) is 8.72. The van der Waals surface area contributed by atoms with E-state index in [0.717, 1.165) is 19.3 Å². The van der Waals surface area contributed by atoms with Gasteiger partial charge in [-0.1, -0.05) is 6.42 Å². The third-order valence-corrected chi connectivity index (χ3v) is 5.37. The van der Waals surface area contributed by atoms with Gasteiger partial charge in [0.25, 0.3) is 5.91 Å². The molecule has 2 aromatic rings. The van der Waals surface area contributed by atoms with Gasteiger partial charge in [0.15, 0.2) is 5.58 Å². The average Bonchev–Trinajstić information content (AvgIpc) is 2.86. The van der Waals surface area contributed by atoms with Crippen molar-refractivity contribution < 1.29 is 14.0 Å². The first-order chi connectivity index (χ1) is 12.0. The van der Waals surface area contributed by atoms with Crippen LogP contribution in [0.15, 0.2) is 27.4 Å². The molecule has 2 heterocycles. The largest absolute Gasteiger partial charge is 0.419 e. The summed E-state index contributed by atoms with van der Waals surface area (Å²) in [6.45, 7) is 2.25. The van der Waals surface area contributed by atoms with E-state index in [9.17, 15) is 14.4 Å². The maximum atomic E-state index is 12.7. The van der Waals surface area contributed by atoms with E-state index in [0.29, 0.717) is 42.8 Å². The number of nitrogens with zero attached hydrogens (tertiary/aromatic N) is 3. The van der Waals surface area contributed by atoms with Crippen LogP contribution in [0.3, 0.4) is 0 Å². The topological polar surface area (TPSA) is 75.8 Å². The number of carbonyl (C=O) groups excluding carboxylic acids is 2. The maximum Gasteiger partial charge on any atom is 0.419 e. The first kappa shape index (κ1) is 15.9. The predicted octanol–water partition coefficient (Wildman–Crippen LogP) is 1.22. The zero-order valence-electron chi connectivity index (χ0n) is 14.2. The molecule has 4 rings (SSSR count). The van der Waals surface area contributed by atoms with Crippen molar-refractivity contribution in [1.82, 2.24) is 14.4 Å². The summed E-state index contributed by atoms with van der Waals surface area (Å²) in [5.41, 5.74) is 1.58. The van der Waals surface area contributed by atoms with Crippen LogP contribution < -0.4 is 5.76 Å². The molecule has 1 aromatic carbocycles. The summed E-state index contributed by atoms with van der Waals surface area (Å²) in [5, 5.41) is 0. The molecule has 7 heteroatoms. The highest BCUT2D eigenvalue weighted by molar-refractivity contribution is 5.97. The normalized spacial score (nSPS) is 18.4. The second-order valence-corrected chi connectivity index (χ2v) is 6.85. The molecular formula is C18H21N3O4. The van der Waals surface area contributed by atoms with E-state index in [2.05, 4.69) is 0 Å². The molecule has 2 amide bonds. The fraction of sp³-hybridized carbons (Fsp3) is 0.500. The Kier molecular flexibility index (Phi) is 3.86. The SMILES string of the molecule is Cn1c(=O)oc2cc(C(=O)N3CCN(C(=O)C4CCC4)CC3)ccc21. The van der Waals surface area contributed by atoms with Gasteiger partial charge in [0.2, 0.25) is 5.91 Å².